The summed E-state index contributed by atoms with van der Waals surface area (Å²) >= 11 is 7.45. The highest BCUT2D eigenvalue weighted by Gasteiger charge is 2.32. The number of anilines is 1. The molecule has 1 unspecified atom stereocenters. The number of aromatic amines is 1. The first-order chi connectivity index (χ1) is 18.0. The summed E-state index contributed by atoms with van der Waals surface area (Å²) in [4.78, 5) is 42.0. The summed E-state index contributed by atoms with van der Waals surface area (Å²) in [6.45, 7) is 2.62. The van der Waals surface area contributed by atoms with Gasteiger partial charge >= 0.3 is 11.9 Å². The molecule has 1 fully saturated rings. The standard InChI is InChI=1S/C26H26ClF3N4O3S/c1-17-13-33(25(37)31-24(17)36)15-18-6-5-11-32(14-18)23(35)16-34(38-20-7-3-2-4-8-20)22-12-19(26(28,29)30)9-10-21(22)27/h2-4,7-10,12-13,18H,5-6,11,14-16H2,1H3,(H,31,36,37). The number of alkyl halides is 3. The molecule has 0 aliphatic carbocycles. The Morgan fingerprint density at radius 1 is 1.18 bits per heavy atom. The van der Waals surface area contributed by atoms with Gasteiger partial charge in [-0.2, -0.15) is 13.2 Å². The Hall–Kier alpha value is -3.18. The highest BCUT2D eigenvalue weighted by molar-refractivity contribution is 8.00. The predicted molar refractivity (Wildman–Crippen MR) is 141 cm³/mol. The Balaban J connectivity index is 1.54. The van der Waals surface area contributed by atoms with Crippen molar-refractivity contribution < 1.29 is 18.0 Å². The molecule has 12 heteroatoms. The largest absolute Gasteiger partial charge is 0.416 e. The summed E-state index contributed by atoms with van der Waals surface area (Å²) in [5.74, 6) is -0.292. The van der Waals surface area contributed by atoms with Crippen LogP contribution in [0.4, 0.5) is 18.9 Å². The van der Waals surface area contributed by atoms with E-state index in [0.29, 0.717) is 31.6 Å². The third-order valence-corrected chi connectivity index (χ3v) is 7.64. The Labute approximate surface area is 226 Å². The third kappa shape index (κ3) is 6.82. The summed E-state index contributed by atoms with van der Waals surface area (Å²) < 4.78 is 43.3. The molecule has 0 spiro atoms. The van der Waals surface area contributed by atoms with Gasteiger partial charge in [-0.1, -0.05) is 29.8 Å². The van der Waals surface area contributed by atoms with Gasteiger partial charge in [-0.15, -0.1) is 0 Å². The quantitative estimate of drug-likeness (QED) is 0.409. The molecular formula is C26H26ClF3N4O3S. The number of benzene rings is 2. The molecule has 1 aliphatic rings. The lowest BCUT2D eigenvalue weighted by atomic mass is 9.97. The van der Waals surface area contributed by atoms with Crippen LogP contribution < -0.4 is 15.6 Å². The van der Waals surface area contributed by atoms with Crippen LogP contribution >= 0.6 is 23.5 Å². The van der Waals surface area contributed by atoms with Crippen molar-refractivity contribution in [3.63, 3.8) is 0 Å². The Morgan fingerprint density at radius 3 is 2.63 bits per heavy atom. The number of carbonyl (C=O) groups is 1. The molecule has 1 N–H and O–H groups in total. The number of nitrogens with one attached hydrogen (secondary N) is 1. The van der Waals surface area contributed by atoms with E-state index in [1.807, 2.05) is 6.07 Å². The number of hydrogen-bond donors (Lipinski definition) is 1. The number of hydrogen-bond acceptors (Lipinski definition) is 5. The number of amides is 1. The van der Waals surface area contributed by atoms with Gasteiger partial charge in [-0.05, 0) is 68.0 Å². The molecule has 7 nitrogen and oxygen atoms in total. The van der Waals surface area contributed by atoms with Crippen LogP contribution in [0.2, 0.25) is 5.02 Å². The third-order valence-electron chi connectivity index (χ3n) is 6.30. The fourth-order valence-corrected chi connectivity index (χ4v) is 5.58. The van der Waals surface area contributed by atoms with E-state index in [4.69, 9.17) is 11.6 Å². The fourth-order valence-electron chi connectivity index (χ4n) is 4.35. The zero-order valence-corrected chi connectivity index (χ0v) is 22.1. The molecule has 0 radical (unpaired) electrons. The fraction of sp³-hybridized carbons (Fsp3) is 0.346. The molecule has 3 aromatic rings. The summed E-state index contributed by atoms with van der Waals surface area (Å²) in [6, 6.07) is 12.1. The van der Waals surface area contributed by atoms with E-state index >= 15 is 0 Å². The molecule has 1 aromatic heterocycles. The lowest BCUT2D eigenvalue weighted by Crippen LogP contribution is -2.45. The number of halogens is 4. The lowest BCUT2D eigenvalue weighted by molar-refractivity contribution is -0.137. The zero-order valence-electron chi connectivity index (χ0n) is 20.5. The molecule has 202 valence electrons. The molecule has 1 atom stereocenters. The molecule has 2 heterocycles. The molecular weight excluding hydrogens is 541 g/mol. The number of rotatable bonds is 7. The predicted octanol–water partition coefficient (Wildman–Crippen LogP) is 4.97. The number of H-pyrrole nitrogens is 1. The van der Waals surface area contributed by atoms with Crippen LogP contribution in [-0.4, -0.2) is 40.0 Å². The first-order valence-electron chi connectivity index (χ1n) is 12.0. The molecule has 0 bridgehead atoms. The summed E-state index contributed by atoms with van der Waals surface area (Å²) in [5, 5.41) is 0.0959. The number of piperidine rings is 1. The van der Waals surface area contributed by atoms with Crippen molar-refractivity contribution in [2.45, 2.75) is 37.4 Å². The highest BCUT2D eigenvalue weighted by atomic mass is 35.5. The van der Waals surface area contributed by atoms with Crippen LogP contribution in [0.1, 0.15) is 24.0 Å². The van der Waals surface area contributed by atoms with Gasteiger partial charge in [0, 0.05) is 36.3 Å². The van der Waals surface area contributed by atoms with Crippen molar-refractivity contribution in [1.29, 1.82) is 0 Å². The van der Waals surface area contributed by atoms with E-state index in [0.717, 1.165) is 35.4 Å². The van der Waals surface area contributed by atoms with Gasteiger partial charge in [-0.25, -0.2) is 4.79 Å². The first kappa shape index (κ1) is 27.8. The summed E-state index contributed by atoms with van der Waals surface area (Å²) in [6.07, 6.45) is -1.56. The van der Waals surface area contributed by atoms with Crippen molar-refractivity contribution >= 4 is 35.1 Å². The average Bonchev–Trinajstić information content (AvgIpc) is 2.87. The van der Waals surface area contributed by atoms with Gasteiger partial charge in [0.15, 0.2) is 0 Å². The van der Waals surface area contributed by atoms with Crippen molar-refractivity contribution in [3.8, 4) is 0 Å². The minimum atomic E-state index is -4.56. The summed E-state index contributed by atoms with van der Waals surface area (Å²) in [7, 11) is 0. The number of nitrogens with zero attached hydrogens (tertiary/aromatic N) is 3. The van der Waals surface area contributed by atoms with E-state index in [9.17, 15) is 27.6 Å². The molecule has 38 heavy (non-hydrogen) atoms. The molecule has 1 saturated heterocycles. The van der Waals surface area contributed by atoms with Crippen molar-refractivity contribution in [2.24, 2.45) is 5.92 Å². The molecule has 2 aromatic carbocycles. The van der Waals surface area contributed by atoms with Crippen LogP contribution in [0, 0.1) is 12.8 Å². The second kappa shape index (κ2) is 11.7. The highest BCUT2D eigenvalue weighted by Crippen LogP contribution is 2.39. The monoisotopic (exact) mass is 566 g/mol. The van der Waals surface area contributed by atoms with Gasteiger partial charge in [0.2, 0.25) is 5.91 Å². The van der Waals surface area contributed by atoms with Gasteiger partial charge in [0.05, 0.1) is 16.3 Å². The SMILES string of the molecule is Cc1cn(CC2CCCN(C(=O)CN(Sc3ccccc3)c3cc(C(F)(F)F)ccc3Cl)C2)c(=O)[nH]c1=O. The molecule has 4 rings (SSSR count). The molecule has 0 saturated carbocycles. The average molecular weight is 567 g/mol. The van der Waals surface area contributed by atoms with Gasteiger partial charge in [0.1, 0.15) is 6.54 Å². The van der Waals surface area contributed by atoms with E-state index in [1.54, 1.807) is 36.1 Å². The number of carbonyl (C=O) groups excluding carboxylic acids is 1. The van der Waals surface area contributed by atoms with Crippen LogP contribution in [0.25, 0.3) is 0 Å². The van der Waals surface area contributed by atoms with Crippen LogP contribution in [0.3, 0.4) is 0 Å². The maximum absolute atomic E-state index is 13.5. The smallest absolute Gasteiger partial charge is 0.341 e. The van der Waals surface area contributed by atoms with Gasteiger partial charge in [-0.3, -0.25) is 19.1 Å². The molecule has 1 aliphatic heterocycles. The summed E-state index contributed by atoms with van der Waals surface area (Å²) in [5.41, 5.74) is -1.29. The van der Waals surface area contributed by atoms with E-state index < -0.39 is 23.0 Å². The number of likely N-dealkylation sites (tertiary alicyclic amines) is 1. The van der Waals surface area contributed by atoms with E-state index in [-0.39, 0.29) is 29.1 Å². The maximum atomic E-state index is 13.5. The van der Waals surface area contributed by atoms with Crippen molar-refractivity contribution in [1.82, 2.24) is 14.5 Å². The molecule has 1 amide bonds. The van der Waals surface area contributed by atoms with Gasteiger partial charge < -0.3 is 9.21 Å². The van der Waals surface area contributed by atoms with Crippen LogP contribution in [0.15, 0.2) is 69.2 Å². The number of aromatic nitrogens is 2. The second-order valence-electron chi connectivity index (χ2n) is 9.18. The Morgan fingerprint density at radius 2 is 1.92 bits per heavy atom. The number of aryl methyl sites for hydroxylation is 1. The van der Waals surface area contributed by atoms with Gasteiger partial charge in [0.25, 0.3) is 5.56 Å². The second-order valence-corrected chi connectivity index (χ2v) is 10.7. The van der Waals surface area contributed by atoms with Crippen LogP contribution in [0.5, 0.6) is 0 Å². The normalized spacial score (nSPS) is 15.9. The Bertz CT molecular complexity index is 1410. The lowest BCUT2D eigenvalue weighted by Gasteiger charge is -2.35. The minimum Gasteiger partial charge on any atom is -0.341 e. The zero-order chi connectivity index (χ0) is 27.4. The van der Waals surface area contributed by atoms with Crippen LogP contribution in [-0.2, 0) is 17.5 Å². The minimum absolute atomic E-state index is 0.0249. The van der Waals surface area contributed by atoms with E-state index in [1.165, 1.54) is 21.1 Å². The van der Waals surface area contributed by atoms with Crippen molar-refractivity contribution in [3.05, 3.63) is 91.7 Å². The Kier molecular flexibility index (Phi) is 8.57. The van der Waals surface area contributed by atoms with E-state index in [2.05, 4.69) is 4.98 Å². The topological polar surface area (TPSA) is 78.4 Å². The first-order valence-corrected chi connectivity index (χ1v) is 13.1. The maximum Gasteiger partial charge on any atom is 0.416 e. The van der Waals surface area contributed by atoms with Crippen molar-refractivity contribution in [2.75, 3.05) is 23.9 Å².